The molecule has 1 saturated carbocycles. The van der Waals surface area contributed by atoms with Crippen molar-refractivity contribution in [3.63, 3.8) is 0 Å². The number of ether oxygens (including phenoxy) is 1. The van der Waals surface area contributed by atoms with Crippen molar-refractivity contribution in [2.75, 3.05) is 6.61 Å². The molecule has 0 amide bonds. The molecule has 0 spiro atoms. The molecule has 1 aliphatic rings. The molecule has 4 N–H and O–H groups in total. The standard InChI is InChI=1S/C22H29ClO6.Na.H/c23-15-6-5-7-17(12-15)29-14-16(24)10-11-19-18(20(25)13-21(19)26)8-3-1-2-4-9-22(27)28;;/h1,3,5-7,10-12,16,18-21,24-26H,2,4,8-9,13-14H2,(H,27,28);;/b3-1-,11-10+;;/t16-,18-,19-,20+,21-;;/m1../s1. The minimum absolute atomic E-state index is 0. The molecule has 30 heavy (non-hydrogen) atoms. The first-order chi connectivity index (χ1) is 13.9. The Balaban J connectivity index is 0.00000450. The summed E-state index contributed by atoms with van der Waals surface area (Å²) in [6, 6.07) is 6.90. The summed E-state index contributed by atoms with van der Waals surface area (Å²) in [6.45, 7) is 0.0519. The number of halogens is 1. The summed E-state index contributed by atoms with van der Waals surface area (Å²) in [5, 5.41) is 39.8. The third-order valence-corrected chi connectivity index (χ3v) is 5.26. The first-order valence-corrected chi connectivity index (χ1v) is 10.2. The monoisotopic (exact) mass is 448 g/mol. The van der Waals surface area contributed by atoms with Crippen molar-refractivity contribution in [2.45, 2.75) is 50.4 Å². The van der Waals surface area contributed by atoms with Crippen LogP contribution in [0.3, 0.4) is 0 Å². The first kappa shape index (κ1) is 27.2. The van der Waals surface area contributed by atoms with E-state index >= 15 is 0 Å². The maximum atomic E-state index is 10.5. The van der Waals surface area contributed by atoms with E-state index in [1.54, 1.807) is 36.4 Å². The number of benzene rings is 1. The number of carbonyl (C=O) groups is 1. The van der Waals surface area contributed by atoms with Crippen LogP contribution in [-0.2, 0) is 4.79 Å². The van der Waals surface area contributed by atoms with Gasteiger partial charge in [0.2, 0.25) is 0 Å². The quantitative estimate of drug-likeness (QED) is 0.235. The Morgan fingerprint density at radius 2 is 2.03 bits per heavy atom. The molecular weight excluding hydrogens is 419 g/mol. The van der Waals surface area contributed by atoms with E-state index in [9.17, 15) is 20.1 Å². The van der Waals surface area contributed by atoms with Gasteiger partial charge in [0, 0.05) is 23.8 Å². The molecule has 1 aliphatic carbocycles. The van der Waals surface area contributed by atoms with E-state index < -0.39 is 24.3 Å². The van der Waals surface area contributed by atoms with Crippen LogP contribution in [-0.4, -0.2) is 80.9 Å². The number of aliphatic carboxylic acids is 1. The predicted octanol–water partition coefficient (Wildman–Crippen LogP) is 2.55. The normalized spacial score (nSPS) is 24.8. The summed E-state index contributed by atoms with van der Waals surface area (Å²) in [4.78, 5) is 10.5. The van der Waals surface area contributed by atoms with Crippen molar-refractivity contribution >= 4 is 47.1 Å². The number of hydrogen-bond acceptors (Lipinski definition) is 5. The molecule has 0 unspecified atom stereocenters. The Kier molecular flexibility index (Phi) is 12.9. The zero-order valence-electron chi connectivity index (χ0n) is 16.2. The number of carboxylic acids is 1. The Morgan fingerprint density at radius 3 is 2.73 bits per heavy atom. The predicted molar refractivity (Wildman–Crippen MR) is 118 cm³/mol. The summed E-state index contributed by atoms with van der Waals surface area (Å²) in [6.07, 6.45) is 7.26. The van der Waals surface area contributed by atoms with E-state index in [0.717, 1.165) is 0 Å². The fraction of sp³-hybridized carbons (Fsp3) is 0.500. The second-order valence-electron chi connectivity index (χ2n) is 7.33. The molecule has 0 radical (unpaired) electrons. The van der Waals surface area contributed by atoms with Gasteiger partial charge in [0.15, 0.2) is 0 Å². The van der Waals surface area contributed by atoms with Crippen LogP contribution in [0, 0.1) is 11.8 Å². The van der Waals surface area contributed by atoms with E-state index in [0.29, 0.717) is 36.5 Å². The topological polar surface area (TPSA) is 107 Å². The second kappa shape index (κ2) is 14.2. The number of unbranched alkanes of at least 4 members (excludes halogenated alkanes) is 1. The van der Waals surface area contributed by atoms with Crippen molar-refractivity contribution in [1.29, 1.82) is 0 Å². The average molecular weight is 449 g/mol. The number of allylic oxidation sites excluding steroid dienone is 2. The molecule has 1 aromatic carbocycles. The Labute approximate surface area is 204 Å². The van der Waals surface area contributed by atoms with E-state index in [1.165, 1.54) is 0 Å². The fourth-order valence-electron chi connectivity index (χ4n) is 3.50. The molecule has 0 bridgehead atoms. The third kappa shape index (κ3) is 9.52. The Hall–Kier alpha value is -0.860. The fourth-order valence-corrected chi connectivity index (χ4v) is 3.68. The molecule has 8 heteroatoms. The molecule has 6 nitrogen and oxygen atoms in total. The van der Waals surface area contributed by atoms with Crippen LogP contribution in [0.1, 0.15) is 32.1 Å². The van der Waals surface area contributed by atoms with Crippen molar-refractivity contribution < 1.29 is 30.0 Å². The van der Waals surface area contributed by atoms with Gasteiger partial charge in [0.05, 0.1) is 12.2 Å². The van der Waals surface area contributed by atoms with E-state index in [-0.39, 0.29) is 54.4 Å². The molecule has 2 rings (SSSR count). The van der Waals surface area contributed by atoms with Gasteiger partial charge in [-0.05, 0) is 43.4 Å². The summed E-state index contributed by atoms with van der Waals surface area (Å²) < 4.78 is 5.51. The van der Waals surface area contributed by atoms with Gasteiger partial charge in [-0.1, -0.05) is 42.0 Å². The van der Waals surface area contributed by atoms with Crippen LogP contribution in [0.25, 0.3) is 0 Å². The van der Waals surface area contributed by atoms with Gasteiger partial charge >= 0.3 is 35.5 Å². The van der Waals surface area contributed by atoms with Crippen LogP contribution < -0.4 is 4.74 Å². The first-order valence-electron chi connectivity index (χ1n) is 9.84. The molecule has 0 aliphatic heterocycles. The van der Waals surface area contributed by atoms with Crippen molar-refractivity contribution in [1.82, 2.24) is 0 Å². The van der Waals surface area contributed by atoms with E-state index in [2.05, 4.69) is 0 Å². The molecule has 1 fully saturated rings. The number of hydrogen-bond donors (Lipinski definition) is 4. The number of carboxylic acid groups (broad SMARTS) is 1. The third-order valence-electron chi connectivity index (χ3n) is 5.02. The summed E-state index contributed by atoms with van der Waals surface area (Å²) in [5.74, 6) is -0.671. The van der Waals surface area contributed by atoms with Gasteiger partial charge in [-0.3, -0.25) is 4.79 Å². The summed E-state index contributed by atoms with van der Waals surface area (Å²) >= 11 is 5.90. The van der Waals surface area contributed by atoms with Gasteiger partial charge in [0.1, 0.15) is 18.5 Å². The van der Waals surface area contributed by atoms with Gasteiger partial charge in [0.25, 0.3) is 0 Å². The summed E-state index contributed by atoms with van der Waals surface area (Å²) in [7, 11) is 0. The van der Waals surface area contributed by atoms with E-state index in [4.69, 9.17) is 21.4 Å². The number of rotatable bonds is 11. The van der Waals surface area contributed by atoms with Crippen LogP contribution in [0.4, 0.5) is 0 Å². The minimum atomic E-state index is -0.855. The van der Waals surface area contributed by atoms with Gasteiger partial charge < -0.3 is 25.2 Å². The van der Waals surface area contributed by atoms with E-state index in [1.807, 2.05) is 12.2 Å². The van der Waals surface area contributed by atoms with Crippen molar-refractivity contribution in [3.8, 4) is 5.75 Å². The molecule has 0 aromatic heterocycles. The zero-order chi connectivity index (χ0) is 21.2. The molecule has 5 atom stereocenters. The second-order valence-corrected chi connectivity index (χ2v) is 7.76. The average Bonchev–Trinajstić information content (AvgIpc) is 2.93. The van der Waals surface area contributed by atoms with Crippen LogP contribution in [0.5, 0.6) is 5.75 Å². The van der Waals surface area contributed by atoms with Crippen LogP contribution >= 0.6 is 11.6 Å². The van der Waals surface area contributed by atoms with Gasteiger partial charge in [-0.25, -0.2) is 0 Å². The molecular formula is C22H30ClNaO6. The van der Waals surface area contributed by atoms with Crippen LogP contribution in [0.15, 0.2) is 48.6 Å². The Bertz CT molecular complexity index is 711. The zero-order valence-corrected chi connectivity index (χ0v) is 17.0. The molecule has 0 saturated heterocycles. The Morgan fingerprint density at radius 1 is 1.27 bits per heavy atom. The summed E-state index contributed by atoms with van der Waals surface area (Å²) in [5.41, 5.74) is 0. The number of aliphatic hydroxyl groups excluding tert-OH is 3. The molecule has 1 aromatic rings. The maximum absolute atomic E-state index is 10.5. The molecule has 0 heterocycles. The van der Waals surface area contributed by atoms with Gasteiger partial charge in [-0.15, -0.1) is 0 Å². The molecule has 162 valence electrons. The van der Waals surface area contributed by atoms with Crippen molar-refractivity contribution in [3.05, 3.63) is 53.6 Å². The number of aliphatic hydroxyl groups is 3. The van der Waals surface area contributed by atoms with Crippen molar-refractivity contribution in [2.24, 2.45) is 11.8 Å². The van der Waals surface area contributed by atoms with Crippen LogP contribution in [0.2, 0.25) is 5.02 Å². The SMILES string of the molecule is O=C(O)CCC/C=C\C[C@@H]1[C@@H](/C=C/[C@@H](O)COc2cccc(Cl)c2)[C@H](O)C[C@@H]1O.[NaH]. The van der Waals surface area contributed by atoms with Gasteiger partial charge in [-0.2, -0.15) is 0 Å².